The van der Waals surface area contributed by atoms with E-state index in [0.717, 1.165) is 64.0 Å². The highest BCUT2D eigenvalue weighted by atomic mass is 32.1. The van der Waals surface area contributed by atoms with Crippen LogP contribution in [-0.2, 0) is 4.74 Å². The number of aliphatic hydroxyl groups excluding tert-OH is 1. The van der Waals surface area contributed by atoms with Crippen LogP contribution in [0.15, 0.2) is 0 Å². The third-order valence-corrected chi connectivity index (χ3v) is 3.13. The molecule has 0 aliphatic heterocycles. The smallest absolute Gasteiger partial charge is 0.103 e. The molecule has 6 heteroatoms. The first kappa shape index (κ1) is 17.5. The summed E-state index contributed by atoms with van der Waals surface area (Å²) in [5, 5.41) is 8.11. The van der Waals surface area contributed by atoms with E-state index in [1.54, 1.807) is 0 Å². The number of ether oxygens (including phenoxy) is 1. The molecule has 0 aliphatic rings. The summed E-state index contributed by atoms with van der Waals surface area (Å²) >= 11 is 2.17. The predicted molar refractivity (Wildman–Crippen MR) is 88.5 cm³/mol. The van der Waals surface area contributed by atoms with Gasteiger partial charge in [0, 0.05) is 17.6 Å². The van der Waals surface area contributed by atoms with Crippen molar-refractivity contribution in [1.82, 2.24) is 0 Å². The fourth-order valence-corrected chi connectivity index (χ4v) is 1.36. The lowest BCUT2D eigenvalue weighted by Gasteiger charge is -1.97. The molecule has 0 aromatic heterocycles. The van der Waals surface area contributed by atoms with Gasteiger partial charge in [0.2, 0.25) is 0 Å². The molecule has 1 N–H and O–H groups in total. The number of hydrogen-bond donors (Lipinski definition) is 3. The van der Waals surface area contributed by atoms with Crippen molar-refractivity contribution >= 4 is 42.2 Å². The summed E-state index contributed by atoms with van der Waals surface area (Å²) in [5.74, 6) is 0. The Morgan fingerprint density at radius 1 is 1.19 bits per heavy atom. The van der Waals surface area contributed by atoms with Crippen LogP contribution in [-0.4, -0.2) is 37.6 Å². The summed E-state index contributed by atoms with van der Waals surface area (Å²) in [6.07, 6.45) is 3.43. The van der Waals surface area contributed by atoms with Gasteiger partial charge in [-0.25, -0.2) is 0 Å². The lowest BCUT2D eigenvalue weighted by Crippen LogP contribution is -1.89. The first-order chi connectivity index (χ1) is 8.74. The Hall–Kier alpha value is 1.48. The molecule has 0 saturated heterocycles. The maximum absolute atomic E-state index is 8.11. The van der Waals surface area contributed by atoms with Gasteiger partial charge in [0.05, 0.1) is 12.7 Å². The van der Waals surface area contributed by atoms with Gasteiger partial charge in [-0.1, -0.05) is 44.4 Å². The van der Waals surface area contributed by atoms with E-state index in [9.17, 15) is 0 Å². The summed E-state index contributed by atoms with van der Waals surface area (Å²) in [6, 6.07) is 0. The van der Waals surface area contributed by atoms with E-state index in [4.69, 9.17) is 12.1 Å². The van der Waals surface area contributed by atoms with Crippen LogP contribution in [0.25, 0.3) is 0 Å². The molecule has 2 unspecified atom stereocenters. The van der Waals surface area contributed by atoms with Crippen LogP contribution in [0, 0.1) is 0 Å². The monoisotopic (exact) mass is 308 g/mol. The molecule has 0 heterocycles. The molecule has 0 radical (unpaired) electrons. The maximum Gasteiger partial charge on any atom is 0.103 e. The molecule has 102 valence electrons. The van der Waals surface area contributed by atoms with Crippen molar-refractivity contribution in [2.75, 3.05) is 30.3 Å². The SMILES string of the molecule is CCC.[2H]SCPCO.[2H]SCPCOCCC. The molecule has 0 amide bonds. The second kappa shape index (κ2) is 30.0. The summed E-state index contributed by atoms with van der Waals surface area (Å²) < 4.78 is 18.5. The van der Waals surface area contributed by atoms with Crippen LogP contribution < -0.4 is 0 Å². The van der Waals surface area contributed by atoms with Gasteiger partial charge in [-0.2, -0.15) is 25.1 Å². The lowest BCUT2D eigenvalue weighted by atomic mass is 10.5. The highest BCUT2D eigenvalue weighted by molar-refractivity contribution is 7.86. The Kier molecular flexibility index (Phi) is 32.7. The van der Waals surface area contributed by atoms with Crippen LogP contribution >= 0.6 is 42.2 Å². The minimum absolute atomic E-state index is 0.242. The molecular weight excluding hydrogens is 278 g/mol. The van der Waals surface area contributed by atoms with E-state index in [1.807, 2.05) is 0 Å². The van der Waals surface area contributed by atoms with Crippen LogP contribution in [0.2, 0.25) is 0 Å². The molecule has 0 rings (SSSR count). The van der Waals surface area contributed by atoms with Crippen LogP contribution in [0.4, 0.5) is 0 Å². The maximum atomic E-state index is 8.11. The van der Waals surface area contributed by atoms with Gasteiger partial charge in [0.1, 0.15) is 2.25 Å². The highest BCUT2D eigenvalue weighted by Crippen LogP contribution is 2.10. The molecule has 0 aliphatic carbocycles. The van der Waals surface area contributed by atoms with Crippen molar-refractivity contribution in [2.45, 2.75) is 33.6 Å². The van der Waals surface area contributed by atoms with Gasteiger partial charge >= 0.3 is 0 Å². The van der Waals surface area contributed by atoms with Gasteiger partial charge < -0.3 is 9.84 Å². The molecule has 0 spiro atoms. The van der Waals surface area contributed by atoms with Crippen molar-refractivity contribution in [3.63, 3.8) is 0 Å². The van der Waals surface area contributed by atoms with E-state index in [-0.39, 0.29) is 6.35 Å². The van der Waals surface area contributed by atoms with Crippen molar-refractivity contribution in [1.29, 1.82) is 2.25 Å². The minimum atomic E-state index is 0.242. The molecule has 2 atom stereocenters. The first-order valence-electron chi connectivity index (χ1n) is 6.32. The zero-order chi connectivity index (χ0) is 14.5. The Morgan fingerprint density at radius 2 is 1.75 bits per heavy atom. The van der Waals surface area contributed by atoms with Crippen LogP contribution in [0.5, 0.6) is 0 Å². The van der Waals surface area contributed by atoms with E-state index >= 15 is 0 Å². The van der Waals surface area contributed by atoms with E-state index in [2.05, 4.69) is 20.8 Å². The van der Waals surface area contributed by atoms with Crippen molar-refractivity contribution < 1.29 is 9.84 Å². The number of rotatable bonds is 9. The average molecular weight is 308 g/mol. The van der Waals surface area contributed by atoms with Gasteiger partial charge in [0.25, 0.3) is 0 Å². The summed E-state index contributed by atoms with van der Waals surface area (Å²) in [7, 11) is 1.34. The molecule has 0 bridgehead atoms. The average Bonchev–Trinajstić information content (AvgIpc) is 2.38. The minimum Gasteiger partial charge on any atom is -0.392 e. The van der Waals surface area contributed by atoms with Crippen LogP contribution in [0.1, 0.15) is 33.6 Å². The van der Waals surface area contributed by atoms with Crippen molar-refractivity contribution in [2.24, 2.45) is 0 Å². The zero-order valence-corrected chi connectivity index (χ0v) is 14.3. The quantitative estimate of drug-likeness (QED) is 0.343. The Balaban J connectivity index is -0.000000216. The lowest BCUT2D eigenvalue weighted by molar-refractivity contribution is 0.182. The fourth-order valence-electron chi connectivity index (χ4n) is 0.376. The number of hydrogen-bond acceptors (Lipinski definition) is 4. The second-order valence-corrected chi connectivity index (χ2v) is 6.62. The van der Waals surface area contributed by atoms with E-state index < -0.39 is 0 Å². The third kappa shape index (κ3) is 45.1. The first-order valence-corrected chi connectivity index (χ1v) is 9.49. The van der Waals surface area contributed by atoms with Gasteiger partial charge in [0.15, 0.2) is 0 Å². The molecule has 0 aromatic rings. The van der Waals surface area contributed by atoms with Gasteiger partial charge in [-0.3, -0.25) is 0 Å². The molecule has 2 nitrogen and oxygen atoms in total. The number of thiol groups is 2. The molecular formula is C10H28O2P2S2. The topological polar surface area (TPSA) is 29.5 Å². The third-order valence-electron chi connectivity index (χ3n) is 0.869. The normalized spacial score (nSPS) is 11.8. The molecule has 0 aromatic carbocycles. The second-order valence-electron chi connectivity index (χ2n) is 2.71. The molecule has 0 fully saturated rings. The Bertz CT molecular complexity index is 110. The molecule has 16 heavy (non-hydrogen) atoms. The predicted octanol–water partition coefficient (Wildman–Crippen LogP) is 3.85. The highest BCUT2D eigenvalue weighted by Gasteiger charge is 1.81. The summed E-state index contributed by atoms with van der Waals surface area (Å²) in [4.78, 5) is 0. The van der Waals surface area contributed by atoms with Crippen LogP contribution in [0.3, 0.4) is 0 Å². The summed E-state index contributed by atoms with van der Waals surface area (Å²) in [6.45, 7) is 7.22. The van der Waals surface area contributed by atoms with E-state index in [1.165, 1.54) is 6.42 Å². The zero-order valence-electron chi connectivity index (χ0n) is 12.6. The Morgan fingerprint density at radius 3 is 2.12 bits per heavy atom. The number of aliphatic hydroxyl groups is 1. The van der Waals surface area contributed by atoms with Crippen molar-refractivity contribution in [3.8, 4) is 0 Å². The largest absolute Gasteiger partial charge is 0.392 e. The summed E-state index contributed by atoms with van der Waals surface area (Å²) in [5.41, 5.74) is 1.69. The van der Waals surface area contributed by atoms with Gasteiger partial charge in [-0.15, -0.1) is 0 Å². The van der Waals surface area contributed by atoms with Gasteiger partial charge in [-0.05, 0) is 6.42 Å². The molecule has 0 saturated carbocycles. The van der Waals surface area contributed by atoms with E-state index in [0.29, 0.717) is 8.58 Å². The fraction of sp³-hybridized carbons (Fsp3) is 1.00. The Labute approximate surface area is 118 Å². The van der Waals surface area contributed by atoms with Crippen molar-refractivity contribution in [3.05, 3.63) is 0 Å². The standard InChI is InChI=1S/C5H13OPS.C3H8.C2H7OPS/c1-2-3-6-4-7-5-8;1-3-2;3-1-4-2-5/h7-8H,2-5H2,1H3;3H2,1-2H3;3-5H,1-2H2/i/hD2.